The molecular formula is C20H20N6OS. The van der Waals surface area contributed by atoms with Crippen LogP contribution in [0.5, 0.6) is 0 Å². The topological polar surface area (TPSA) is 85.6 Å². The number of hydrogen-bond donors (Lipinski definition) is 1. The lowest BCUT2D eigenvalue weighted by molar-refractivity contribution is -0.121. The monoisotopic (exact) mass is 392 g/mol. The third kappa shape index (κ3) is 3.91. The minimum Gasteiger partial charge on any atom is -0.350 e. The normalized spacial score (nSPS) is 11.0. The SMILES string of the molecule is CCc1nc2ccccc2n1CCC(=O)NCc1csc(-c2cnccn2)n1. The summed E-state index contributed by atoms with van der Waals surface area (Å²) in [6.07, 6.45) is 6.19. The molecule has 28 heavy (non-hydrogen) atoms. The maximum Gasteiger partial charge on any atom is 0.222 e. The van der Waals surface area contributed by atoms with Gasteiger partial charge in [0, 0.05) is 37.2 Å². The molecule has 7 nitrogen and oxygen atoms in total. The predicted octanol–water partition coefficient (Wildman–Crippen LogP) is 3.22. The lowest BCUT2D eigenvalue weighted by Gasteiger charge is -2.08. The summed E-state index contributed by atoms with van der Waals surface area (Å²) in [5, 5.41) is 5.68. The van der Waals surface area contributed by atoms with Crippen molar-refractivity contribution in [1.29, 1.82) is 0 Å². The van der Waals surface area contributed by atoms with Gasteiger partial charge in [-0.05, 0) is 12.1 Å². The van der Waals surface area contributed by atoms with Crippen molar-refractivity contribution in [2.75, 3.05) is 0 Å². The van der Waals surface area contributed by atoms with E-state index in [1.165, 1.54) is 11.3 Å². The van der Waals surface area contributed by atoms with Gasteiger partial charge in [-0.25, -0.2) is 9.97 Å². The van der Waals surface area contributed by atoms with Gasteiger partial charge in [-0.1, -0.05) is 19.1 Å². The third-order valence-corrected chi connectivity index (χ3v) is 5.33. The van der Waals surface area contributed by atoms with Crippen LogP contribution in [0.4, 0.5) is 0 Å². The molecule has 0 aliphatic heterocycles. The first-order valence-corrected chi connectivity index (χ1v) is 10.0. The van der Waals surface area contributed by atoms with E-state index in [2.05, 4.69) is 36.7 Å². The van der Waals surface area contributed by atoms with Gasteiger partial charge in [0.2, 0.25) is 5.91 Å². The fourth-order valence-electron chi connectivity index (χ4n) is 3.05. The van der Waals surface area contributed by atoms with Crippen molar-refractivity contribution in [2.45, 2.75) is 32.9 Å². The molecule has 0 spiro atoms. The highest BCUT2D eigenvalue weighted by molar-refractivity contribution is 7.13. The highest BCUT2D eigenvalue weighted by Crippen LogP contribution is 2.20. The van der Waals surface area contributed by atoms with E-state index in [1.54, 1.807) is 18.6 Å². The van der Waals surface area contributed by atoms with Gasteiger partial charge in [0.25, 0.3) is 0 Å². The van der Waals surface area contributed by atoms with E-state index in [9.17, 15) is 4.79 Å². The van der Waals surface area contributed by atoms with E-state index < -0.39 is 0 Å². The van der Waals surface area contributed by atoms with Gasteiger partial charge in [-0.3, -0.25) is 14.8 Å². The Morgan fingerprint density at radius 2 is 2.11 bits per heavy atom. The number of carbonyl (C=O) groups excluding carboxylic acids is 1. The second-order valence-corrected chi connectivity index (χ2v) is 7.14. The van der Waals surface area contributed by atoms with Crippen LogP contribution in [0.25, 0.3) is 21.7 Å². The molecule has 4 rings (SSSR count). The zero-order valence-corrected chi connectivity index (χ0v) is 16.3. The lowest BCUT2D eigenvalue weighted by atomic mass is 10.3. The predicted molar refractivity (Wildman–Crippen MR) is 109 cm³/mol. The summed E-state index contributed by atoms with van der Waals surface area (Å²) in [4.78, 5) is 29.8. The minimum atomic E-state index is -0.00566. The first kappa shape index (κ1) is 18.2. The summed E-state index contributed by atoms with van der Waals surface area (Å²) < 4.78 is 2.13. The van der Waals surface area contributed by atoms with Gasteiger partial charge < -0.3 is 9.88 Å². The number of para-hydroxylation sites is 2. The van der Waals surface area contributed by atoms with Gasteiger partial charge >= 0.3 is 0 Å². The Morgan fingerprint density at radius 3 is 2.93 bits per heavy atom. The Bertz CT molecular complexity index is 1090. The largest absolute Gasteiger partial charge is 0.350 e. The molecule has 0 saturated carbocycles. The molecule has 0 bridgehead atoms. The fraction of sp³-hybridized carbons (Fsp3) is 0.250. The summed E-state index contributed by atoms with van der Waals surface area (Å²) in [5.74, 6) is 0.996. The van der Waals surface area contributed by atoms with Crippen LogP contribution in [0, 0.1) is 0 Å². The van der Waals surface area contributed by atoms with Crippen molar-refractivity contribution in [2.24, 2.45) is 0 Å². The molecule has 0 saturated heterocycles. The van der Waals surface area contributed by atoms with Crippen molar-refractivity contribution in [1.82, 2.24) is 29.8 Å². The van der Waals surface area contributed by atoms with Crippen molar-refractivity contribution in [3.63, 3.8) is 0 Å². The zero-order valence-electron chi connectivity index (χ0n) is 15.5. The van der Waals surface area contributed by atoms with Crippen LogP contribution >= 0.6 is 11.3 Å². The van der Waals surface area contributed by atoms with Gasteiger partial charge in [0.1, 0.15) is 16.5 Å². The van der Waals surface area contributed by atoms with E-state index in [0.717, 1.165) is 39.7 Å². The third-order valence-electron chi connectivity index (χ3n) is 4.41. The molecule has 3 heterocycles. The molecule has 0 atom stereocenters. The van der Waals surface area contributed by atoms with Crippen molar-refractivity contribution < 1.29 is 4.79 Å². The fourth-order valence-corrected chi connectivity index (χ4v) is 3.83. The number of aromatic nitrogens is 5. The van der Waals surface area contributed by atoms with Crippen LogP contribution in [-0.2, 0) is 24.3 Å². The number of hydrogen-bond acceptors (Lipinski definition) is 6. The summed E-state index contributed by atoms with van der Waals surface area (Å²) >= 11 is 1.49. The summed E-state index contributed by atoms with van der Waals surface area (Å²) in [7, 11) is 0. The number of nitrogens with one attached hydrogen (secondary N) is 1. The van der Waals surface area contributed by atoms with Crippen LogP contribution < -0.4 is 5.32 Å². The number of carbonyl (C=O) groups is 1. The van der Waals surface area contributed by atoms with Crippen molar-refractivity contribution in [3.05, 3.63) is 59.8 Å². The molecule has 0 radical (unpaired) electrons. The molecule has 0 unspecified atom stereocenters. The Kier molecular flexibility index (Phi) is 5.38. The molecule has 0 fully saturated rings. The van der Waals surface area contributed by atoms with Crippen LogP contribution in [0.15, 0.2) is 48.2 Å². The molecule has 0 aliphatic carbocycles. The van der Waals surface area contributed by atoms with E-state index >= 15 is 0 Å². The van der Waals surface area contributed by atoms with Crippen molar-refractivity contribution >= 4 is 28.3 Å². The van der Waals surface area contributed by atoms with E-state index in [-0.39, 0.29) is 5.91 Å². The van der Waals surface area contributed by atoms with Crippen LogP contribution in [0.3, 0.4) is 0 Å². The first-order valence-electron chi connectivity index (χ1n) is 9.16. The average molecular weight is 392 g/mol. The number of imidazole rings is 1. The van der Waals surface area contributed by atoms with Gasteiger partial charge in [0.05, 0.1) is 29.5 Å². The maximum absolute atomic E-state index is 12.3. The summed E-state index contributed by atoms with van der Waals surface area (Å²) in [6.45, 7) is 3.09. The molecule has 0 aliphatic rings. The van der Waals surface area contributed by atoms with E-state index in [0.29, 0.717) is 19.5 Å². The number of thiazole rings is 1. The Labute approximate surface area is 166 Å². The molecule has 1 N–H and O–H groups in total. The second-order valence-electron chi connectivity index (χ2n) is 6.28. The quantitative estimate of drug-likeness (QED) is 0.522. The van der Waals surface area contributed by atoms with Crippen LogP contribution in [0.2, 0.25) is 0 Å². The van der Waals surface area contributed by atoms with Crippen LogP contribution in [-0.4, -0.2) is 30.4 Å². The number of amides is 1. The Morgan fingerprint density at radius 1 is 1.21 bits per heavy atom. The van der Waals surface area contributed by atoms with Gasteiger partial charge in [0.15, 0.2) is 0 Å². The number of nitrogens with zero attached hydrogens (tertiary/aromatic N) is 5. The lowest BCUT2D eigenvalue weighted by Crippen LogP contribution is -2.24. The highest BCUT2D eigenvalue weighted by atomic mass is 32.1. The summed E-state index contributed by atoms with van der Waals surface area (Å²) in [5.41, 5.74) is 3.60. The van der Waals surface area contributed by atoms with Crippen molar-refractivity contribution in [3.8, 4) is 10.7 Å². The maximum atomic E-state index is 12.3. The van der Waals surface area contributed by atoms with Gasteiger partial charge in [-0.2, -0.15) is 0 Å². The number of rotatable bonds is 7. The molecule has 3 aromatic heterocycles. The number of benzene rings is 1. The average Bonchev–Trinajstić information content (AvgIpc) is 3.36. The van der Waals surface area contributed by atoms with E-state index in [4.69, 9.17) is 0 Å². The Hall–Kier alpha value is -3.13. The molecule has 1 amide bonds. The molecule has 142 valence electrons. The standard InChI is InChI=1S/C20H20N6OS/c1-2-18-25-15-5-3-4-6-17(15)26(18)10-7-19(27)23-11-14-13-28-20(24-14)16-12-21-8-9-22-16/h3-6,8-9,12-13H,2,7,10-11H2,1H3,(H,23,27). The van der Waals surface area contributed by atoms with E-state index in [1.807, 2.05) is 29.6 Å². The highest BCUT2D eigenvalue weighted by Gasteiger charge is 2.11. The molecular weight excluding hydrogens is 372 g/mol. The number of aryl methyl sites for hydroxylation is 2. The molecule has 4 aromatic rings. The minimum absolute atomic E-state index is 0.00566. The second kappa shape index (κ2) is 8.26. The Balaban J connectivity index is 1.35. The number of fused-ring (bicyclic) bond motifs is 1. The zero-order chi connectivity index (χ0) is 19.3. The first-order chi connectivity index (χ1) is 13.7. The van der Waals surface area contributed by atoms with Gasteiger partial charge in [-0.15, -0.1) is 11.3 Å². The smallest absolute Gasteiger partial charge is 0.222 e. The molecule has 1 aromatic carbocycles. The molecule has 8 heteroatoms. The summed E-state index contributed by atoms with van der Waals surface area (Å²) in [6, 6.07) is 8.02. The van der Waals surface area contributed by atoms with Crippen LogP contribution in [0.1, 0.15) is 24.9 Å².